The van der Waals surface area contributed by atoms with Crippen LogP contribution in [0.15, 0.2) is 48.5 Å². The first-order valence-corrected chi connectivity index (χ1v) is 8.54. The van der Waals surface area contributed by atoms with Gasteiger partial charge in [-0.1, -0.05) is 24.3 Å². The van der Waals surface area contributed by atoms with Gasteiger partial charge in [-0.25, -0.2) is 4.39 Å². The van der Waals surface area contributed by atoms with E-state index in [1.165, 1.54) is 18.2 Å². The lowest BCUT2D eigenvalue weighted by Gasteiger charge is -2.09. The molecule has 0 heterocycles. The summed E-state index contributed by atoms with van der Waals surface area (Å²) >= 11 is 0. The second-order valence-electron chi connectivity index (χ2n) is 6.30. The molecule has 1 aliphatic carbocycles. The monoisotopic (exact) mass is 356 g/mol. The van der Waals surface area contributed by atoms with Gasteiger partial charge in [0, 0.05) is 12.2 Å². The van der Waals surface area contributed by atoms with Gasteiger partial charge in [-0.15, -0.1) is 0 Å². The molecule has 3 rings (SSSR count). The van der Waals surface area contributed by atoms with E-state index in [4.69, 9.17) is 4.74 Å². The zero-order valence-electron chi connectivity index (χ0n) is 14.5. The SMILES string of the molecule is COc1ccccc1CCNC(=O)C1CC1C(=O)Nc1cccc(F)c1. The van der Waals surface area contributed by atoms with Gasteiger partial charge in [0.15, 0.2) is 0 Å². The number of methoxy groups -OCH3 is 1. The summed E-state index contributed by atoms with van der Waals surface area (Å²) < 4.78 is 18.4. The molecule has 2 atom stereocenters. The van der Waals surface area contributed by atoms with Gasteiger partial charge in [0.1, 0.15) is 11.6 Å². The Balaban J connectivity index is 1.44. The van der Waals surface area contributed by atoms with Crippen molar-refractivity contribution >= 4 is 17.5 Å². The van der Waals surface area contributed by atoms with Crippen LogP contribution in [0.1, 0.15) is 12.0 Å². The molecule has 136 valence electrons. The van der Waals surface area contributed by atoms with Crippen molar-refractivity contribution in [3.8, 4) is 5.75 Å². The average Bonchev–Trinajstić information content (AvgIpc) is 3.43. The van der Waals surface area contributed by atoms with E-state index in [2.05, 4.69) is 10.6 Å². The third kappa shape index (κ3) is 4.39. The predicted molar refractivity (Wildman–Crippen MR) is 96.3 cm³/mol. The molecular weight excluding hydrogens is 335 g/mol. The number of rotatable bonds is 7. The fourth-order valence-corrected chi connectivity index (χ4v) is 2.94. The summed E-state index contributed by atoms with van der Waals surface area (Å²) in [6, 6.07) is 13.4. The lowest BCUT2D eigenvalue weighted by molar-refractivity contribution is -0.125. The van der Waals surface area contributed by atoms with E-state index >= 15 is 0 Å². The van der Waals surface area contributed by atoms with Crippen LogP contribution in [0.4, 0.5) is 10.1 Å². The van der Waals surface area contributed by atoms with Gasteiger partial charge in [-0.3, -0.25) is 9.59 Å². The Kier molecular flexibility index (Phi) is 5.51. The average molecular weight is 356 g/mol. The van der Waals surface area contributed by atoms with Gasteiger partial charge in [-0.2, -0.15) is 0 Å². The van der Waals surface area contributed by atoms with Crippen LogP contribution in [0, 0.1) is 17.7 Å². The van der Waals surface area contributed by atoms with Crippen LogP contribution in [0.25, 0.3) is 0 Å². The molecule has 0 spiro atoms. The van der Waals surface area contributed by atoms with Crippen LogP contribution in [0.3, 0.4) is 0 Å². The van der Waals surface area contributed by atoms with Gasteiger partial charge in [0.25, 0.3) is 0 Å². The van der Waals surface area contributed by atoms with Crippen molar-refractivity contribution in [3.05, 3.63) is 59.9 Å². The highest BCUT2D eigenvalue weighted by Crippen LogP contribution is 2.39. The predicted octanol–water partition coefficient (Wildman–Crippen LogP) is 2.77. The summed E-state index contributed by atoms with van der Waals surface area (Å²) in [7, 11) is 1.61. The van der Waals surface area contributed by atoms with Crippen molar-refractivity contribution in [2.45, 2.75) is 12.8 Å². The molecule has 0 bridgehead atoms. The Morgan fingerprint density at radius 3 is 2.65 bits per heavy atom. The smallest absolute Gasteiger partial charge is 0.228 e. The third-order valence-electron chi connectivity index (χ3n) is 4.44. The second kappa shape index (κ2) is 7.99. The Morgan fingerprint density at radius 1 is 1.12 bits per heavy atom. The maximum absolute atomic E-state index is 13.1. The molecule has 2 aromatic rings. The van der Waals surface area contributed by atoms with E-state index < -0.39 is 5.82 Å². The van der Waals surface area contributed by atoms with Crippen LogP contribution >= 0.6 is 0 Å². The van der Waals surface area contributed by atoms with E-state index in [1.54, 1.807) is 13.2 Å². The van der Waals surface area contributed by atoms with Crippen molar-refractivity contribution in [2.24, 2.45) is 11.8 Å². The summed E-state index contributed by atoms with van der Waals surface area (Å²) in [6.45, 7) is 0.480. The molecule has 6 heteroatoms. The summed E-state index contributed by atoms with van der Waals surface area (Å²) in [4.78, 5) is 24.3. The minimum atomic E-state index is -0.413. The van der Waals surface area contributed by atoms with E-state index in [-0.39, 0.29) is 23.7 Å². The van der Waals surface area contributed by atoms with E-state index in [9.17, 15) is 14.0 Å². The van der Waals surface area contributed by atoms with Crippen molar-refractivity contribution in [3.63, 3.8) is 0 Å². The molecule has 26 heavy (non-hydrogen) atoms. The molecule has 0 saturated heterocycles. The number of benzene rings is 2. The minimum Gasteiger partial charge on any atom is -0.496 e. The number of para-hydroxylation sites is 1. The zero-order chi connectivity index (χ0) is 18.5. The van der Waals surface area contributed by atoms with Crippen LogP contribution in [0.2, 0.25) is 0 Å². The Morgan fingerprint density at radius 2 is 1.88 bits per heavy atom. The molecule has 0 aliphatic heterocycles. The van der Waals surface area contributed by atoms with Gasteiger partial charge in [0.05, 0.1) is 18.9 Å². The van der Waals surface area contributed by atoms with Crippen LogP contribution < -0.4 is 15.4 Å². The molecule has 1 saturated carbocycles. The first-order chi connectivity index (χ1) is 12.6. The number of amides is 2. The van der Waals surface area contributed by atoms with Gasteiger partial charge < -0.3 is 15.4 Å². The standard InChI is InChI=1S/C20H21FN2O3/c1-26-18-8-3-2-5-13(18)9-10-22-19(24)16-12-17(16)20(25)23-15-7-4-6-14(21)11-15/h2-8,11,16-17H,9-10,12H2,1H3,(H,22,24)(H,23,25). The van der Waals surface area contributed by atoms with Crippen molar-refractivity contribution < 1.29 is 18.7 Å². The quantitative estimate of drug-likeness (QED) is 0.802. The molecule has 2 unspecified atom stereocenters. The van der Waals surface area contributed by atoms with E-state index in [1.807, 2.05) is 24.3 Å². The fraction of sp³-hybridized carbons (Fsp3) is 0.300. The first-order valence-electron chi connectivity index (χ1n) is 8.54. The lowest BCUT2D eigenvalue weighted by atomic mass is 10.1. The number of anilines is 1. The molecule has 2 N–H and O–H groups in total. The molecule has 0 radical (unpaired) electrons. The summed E-state index contributed by atoms with van der Waals surface area (Å²) in [5.41, 5.74) is 1.42. The number of carbonyl (C=O) groups is 2. The summed E-state index contributed by atoms with van der Waals surface area (Å²) in [5, 5.41) is 5.52. The largest absolute Gasteiger partial charge is 0.496 e. The maximum atomic E-state index is 13.1. The first kappa shape index (κ1) is 17.9. The van der Waals surface area contributed by atoms with Gasteiger partial charge >= 0.3 is 0 Å². The fourth-order valence-electron chi connectivity index (χ4n) is 2.94. The number of hydrogen-bond donors (Lipinski definition) is 2. The van der Waals surface area contributed by atoms with Crippen molar-refractivity contribution in [1.29, 1.82) is 0 Å². The molecule has 1 fully saturated rings. The number of ether oxygens (including phenoxy) is 1. The van der Waals surface area contributed by atoms with Crippen LogP contribution in [0.5, 0.6) is 5.75 Å². The van der Waals surface area contributed by atoms with E-state index in [0.717, 1.165) is 11.3 Å². The number of hydrogen-bond acceptors (Lipinski definition) is 3. The number of carbonyl (C=O) groups excluding carboxylic acids is 2. The molecule has 2 aromatic carbocycles. The normalized spacial score (nSPS) is 18.1. The second-order valence-corrected chi connectivity index (χ2v) is 6.30. The lowest BCUT2D eigenvalue weighted by Crippen LogP contribution is -2.29. The molecule has 2 amide bonds. The highest BCUT2D eigenvalue weighted by atomic mass is 19.1. The molecule has 0 aromatic heterocycles. The topological polar surface area (TPSA) is 67.4 Å². The summed E-state index contributed by atoms with van der Waals surface area (Å²) in [6.07, 6.45) is 1.17. The van der Waals surface area contributed by atoms with E-state index in [0.29, 0.717) is 25.1 Å². The zero-order valence-corrected chi connectivity index (χ0v) is 14.5. The number of nitrogens with one attached hydrogen (secondary N) is 2. The molecule has 1 aliphatic rings. The molecule has 5 nitrogen and oxygen atoms in total. The number of halogens is 1. The third-order valence-corrected chi connectivity index (χ3v) is 4.44. The Hall–Kier alpha value is -2.89. The van der Waals surface area contributed by atoms with Gasteiger partial charge in [-0.05, 0) is 42.7 Å². The van der Waals surface area contributed by atoms with Gasteiger partial charge in [0.2, 0.25) is 11.8 Å². The maximum Gasteiger partial charge on any atom is 0.228 e. The van der Waals surface area contributed by atoms with Crippen LogP contribution in [-0.4, -0.2) is 25.5 Å². The minimum absolute atomic E-state index is 0.126. The van der Waals surface area contributed by atoms with Crippen molar-refractivity contribution in [1.82, 2.24) is 5.32 Å². The van der Waals surface area contributed by atoms with Crippen LogP contribution in [-0.2, 0) is 16.0 Å². The summed E-state index contributed by atoms with van der Waals surface area (Å²) in [5.74, 6) is -0.671. The van der Waals surface area contributed by atoms with Crippen molar-refractivity contribution in [2.75, 3.05) is 19.0 Å². The Bertz CT molecular complexity index is 809. The molecular formula is C20H21FN2O3. The highest BCUT2D eigenvalue weighted by Gasteiger charge is 2.47. The highest BCUT2D eigenvalue weighted by molar-refractivity contribution is 5.99. The Labute approximate surface area is 151 Å².